The number of hydrogen-bond donors (Lipinski definition) is 1. The maximum Gasteiger partial charge on any atom is 0.345 e. The van der Waals surface area contributed by atoms with Crippen LogP contribution in [0.2, 0.25) is 0 Å². The van der Waals surface area contributed by atoms with Crippen LogP contribution in [0.15, 0.2) is 11.0 Å². The Morgan fingerprint density at radius 3 is 3.00 bits per heavy atom. The van der Waals surface area contributed by atoms with Crippen molar-refractivity contribution < 1.29 is 9.53 Å². The number of nitrogens with one attached hydrogen (secondary N) is 1. The summed E-state index contributed by atoms with van der Waals surface area (Å²) in [6.45, 7) is 2.00. The molecule has 0 saturated heterocycles. The number of esters is 1. The molecule has 1 aliphatic carbocycles. The van der Waals surface area contributed by atoms with E-state index in [2.05, 4.69) is 5.10 Å². The number of aromatic amines is 1. The molecule has 1 aliphatic rings. The maximum atomic E-state index is 11.6. The highest BCUT2D eigenvalue weighted by Crippen LogP contribution is 2.32. The molecule has 0 aromatic carbocycles. The third kappa shape index (κ3) is 1.45. The lowest BCUT2D eigenvalue weighted by atomic mass is 10.3. The van der Waals surface area contributed by atoms with Crippen LogP contribution in [0.5, 0.6) is 0 Å². The van der Waals surface area contributed by atoms with Gasteiger partial charge in [-0.25, -0.2) is 9.48 Å². The first kappa shape index (κ1) is 9.05. The first-order valence-electron chi connectivity index (χ1n) is 4.71. The van der Waals surface area contributed by atoms with E-state index in [-0.39, 0.29) is 23.8 Å². The predicted octanol–water partition coefficient (Wildman–Crippen LogP) is 0.688. The number of hydrogen-bond acceptors (Lipinski definition) is 3. The van der Waals surface area contributed by atoms with Crippen molar-refractivity contribution in [2.24, 2.45) is 0 Å². The Kier molecular flexibility index (Phi) is 2.15. The number of aromatic nitrogens is 2. The van der Waals surface area contributed by atoms with Crippen molar-refractivity contribution in [3.05, 3.63) is 22.1 Å². The van der Waals surface area contributed by atoms with Gasteiger partial charge in [0.1, 0.15) is 5.56 Å². The minimum atomic E-state index is -0.548. The highest BCUT2D eigenvalue weighted by molar-refractivity contribution is 5.88. The summed E-state index contributed by atoms with van der Waals surface area (Å²) in [6.07, 6.45) is 3.42. The molecule has 0 spiro atoms. The van der Waals surface area contributed by atoms with Crippen molar-refractivity contribution in [2.45, 2.75) is 25.8 Å². The van der Waals surface area contributed by atoms with E-state index in [1.165, 1.54) is 10.9 Å². The zero-order valence-electron chi connectivity index (χ0n) is 7.95. The van der Waals surface area contributed by atoms with Crippen molar-refractivity contribution in [1.82, 2.24) is 9.78 Å². The standard InChI is InChI=1S/C9H12N2O3/c1-2-14-9(13)7-5-10-11(8(7)12)6-3-4-6/h5-6,10H,2-4H2,1H3. The third-order valence-electron chi connectivity index (χ3n) is 2.20. The zero-order chi connectivity index (χ0) is 10.1. The Morgan fingerprint density at radius 2 is 2.43 bits per heavy atom. The summed E-state index contributed by atoms with van der Waals surface area (Å²) in [5, 5.41) is 2.78. The van der Waals surface area contributed by atoms with Crippen LogP contribution in [0.1, 0.15) is 36.2 Å². The SMILES string of the molecule is CCOC(=O)c1c[nH]n(C2CC2)c1=O. The van der Waals surface area contributed by atoms with Crippen molar-refractivity contribution in [3.63, 3.8) is 0 Å². The molecule has 1 aromatic heterocycles. The Labute approximate surface area is 80.7 Å². The summed E-state index contributed by atoms with van der Waals surface area (Å²) in [5.74, 6) is -0.548. The molecule has 5 heteroatoms. The van der Waals surface area contributed by atoms with Gasteiger partial charge in [-0.15, -0.1) is 0 Å². The Morgan fingerprint density at radius 1 is 1.71 bits per heavy atom. The maximum absolute atomic E-state index is 11.6. The first-order chi connectivity index (χ1) is 6.74. The molecule has 1 aromatic rings. The van der Waals surface area contributed by atoms with Gasteiger partial charge in [0.15, 0.2) is 0 Å². The fraction of sp³-hybridized carbons (Fsp3) is 0.556. The lowest BCUT2D eigenvalue weighted by Gasteiger charge is -1.96. The number of nitrogens with zero attached hydrogens (tertiary/aromatic N) is 1. The van der Waals surface area contributed by atoms with Gasteiger partial charge in [0.25, 0.3) is 5.56 Å². The van der Waals surface area contributed by atoms with Crippen LogP contribution in [0.25, 0.3) is 0 Å². The minimum Gasteiger partial charge on any atom is -0.462 e. The van der Waals surface area contributed by atoms with Crippen LogP contribution < -0.4 is 5.56 Å². The van der Waals surface area contributed by atoms with Gasteiger partial charge in [-0.2, -0.15) is 0 Å². The van der Waals surface area contributed by atoms with Crippen molar-refractivity contribution in [1.29, 1.82) is 0 Å². The van der Waals surface area contributed by atoms with Crippen molar-refractivity contribution >= 4 is 5.97 Å². The van der Waals surface area contributed by atoms with Gasteiger partial charge in [-0.1, -0.05) is 0 Å². The molecule has 1 N–H and O–H groups in total. The van der Waals surface area contributed by atoms with Crippen LogP contribution >= 0.6 is 0 Å². The smallest absolute Gasteiger partial charge is 0.345 e. The molecule has 0 bridgehead atoms. The molecule has 0 aliphatic heterocycles. The molecule has 2 rings (SSSR count). The Hall–Kier alpha value is -1.52. The molecular formula is C9H12N2O3. The topological polar surface area (TPSA) is 64.1 Å². The average Bonchev–Trinajstić information content (AvgIpc) is 2.91. The highest BCUT2D eigenvalue weighted by Gasteiger charge is 2.28. The number of carbonyl (C=O) groups excluding carboxylic acids is 1. The van der Waals surface area contributed by atoms with Gasteiger partial charge in [-0.05, 0) is 19.8 Å². The molecule has 1 heterocycles. The van der Waals surface area contributed by atoms with E-state index in [1.807, 2.05) is 0 Å². The van der Waals surface area contributed by atoms with Gasteiger partial charge >= 0.3 is 5.97 Å². The van der Waals surface area contributed by atoms with E-state index in [1.54, 1.807) is 6.92 Å². The van der Waals surface area contributed by atoms with E-state index >= 15 is 0 Å². The number of H-pyrrole nitrogens is 1. The number of carbonyl (C=O) groups is 1. The monoisotopic (exact) mass is 196 g/mol. The van der Waals surface area contributed by atoms with Gasteiger partial charge in [0, 0.05) is 6.20 Å². The van der Waals surface area contributed by atoms with Gasteiger partial charge in [-0.3, -0.25) is 4.79 Å². The molecular weight excluding hydrogens is 184 g/mol. The Bertz CT molecular complexity index is 400. The summed E-state index contributed by atoms with van der Waals surface area (Å²) >= 11 is 0. The molecule has 0 atom stereocenters. The fourth-order valence-corrected chi connectivity index (χ4v) is 1.34. The molecule has 1 saturated carbocycles. The van der Waals surface area contributed by atoms with Crippen LogP contribution in [-0.4, -0.2) is 22.4 Å². The average molecular weight is 196 g/mol. The van der Waals surface area contributed by atoms with E-state index < -0.39 is 5.97 Å². The predicted molar refractivity (Wildman–Crippen MR) is 49.3 cm³/mol. The molecule has 76 valence electrons. The summed E-state index contributed by atoms with van der Waals surface area (Å²) in [7, 11) is 0. The molecule has 14 heavy (non-hydrogen) atoms. The highest BCUT2D eigenvalue weighted by atomic mass is 16.5. The van der Waals surface area contributed by atoms with Crippen molar-refractivity contribution in [2.75, 3.05) is 6.61 Å². The molecule has 0 unspecified atom stereocenters. The molecule has 0 amide bonds. The fourth-order valence-electron chi connectivity index (χ4n) is 1.34. The number of rotatable bonds is 3. The zero-order valence-corrected chi connectivity index (χ0v) is 7.95. The first-order valence-corrected chi connectivity index (χ1v) is 4.71. The van der Waals surface area contributed by atoms with E-state index in [0.29, 0.717) is 0 Å². The van der Waals surface area contributed by atoms with Crippen LogP contribution in [0.3, 0.4) is 0 Å². The minimum absolute atomic E-state index is 0.0961. The second-order valence-electron chi connectivity index (χ2n) is 3.31. The number of ether oxygens (including phenoxy) is 1. The summed E-state index contributed by atoms with van der Waals surface area (Å²) in [5.41, 5.74) is -0.176. The van der Waals surface area contributed by atoms with Crippen LogP contribution in [-0.2, 0) is 4.74 Å². The molecule has 1 fully saturated rings. The summed E-state index contributed by atoms with van der Waals surface area (Å²) < 4.78 is 6.24. The van der Waals surface area contributed by atoms with Gasteiger partial charge in [0.05, 0.1) is 12.6 Å². The van der Waals surface area contributed by atoms with E-state index in [4.69, 9.17) is 4.74 Å². The van der Waals surface area contributed by atoms with Gasteiger partial charge < -0.3 is 9.84 Å². The lowest BCUT2D eigenvalue weighted by Crippen LogP contribution is -2.21. The summed E-state index contributed by atoms with van der Waals surface area (Å²) in [4.78, 5) is 22.9. The Balaban J connectivity index is 2.26. The molecule has 0 radical (unpaired) electrons. The second-order valence-corrected chi connectivity index (χ2v) is 3.31. The van der Waals surface area contributed by atoms with Crippen LogP contribution in [0.4, 0.5) is 0 Å². The lowest BCUT2D eigenvalue weighted by molar-refractivity contribution is 0.0524. The second kappa shape index (κ2) is 3.32. The van der Waals surface area contributed by atoms with Crippen LogP contribution in [0, 0.1) is 0 Å². The van der Waals surface area contributed by atoms with E-state index in [9.17, 15) is 9.59 Å². The van der Waals surface area contributed by atoms with E-state index in [0.717, 1.165) is 12.8 Å². The van der Waals surface area contributed by atoms with Crippen molar-refractivity contribution in [3.8, 4) is 0 Å². The van der Waals surface area contributed by atoms with Gasteiger partial charge in [0.2, 0.25) is 0 Å². The summed E-state index contributed by atoms with van der Waals surface area (Å²) in [6, 6.07) is 0.255. The largest absolute Gasteiger partial charge is 0.462 e. The quantitative estimate of drug-likeness (QED) is 0.723. The normalized spacial score (nSPS) is 15.5. The third-order valence-corrected chi connectivity index (χ3v) is 2.20. The molecule has 5 nitrogen and oxygen atoms in total.